The number of para-hydroxylation sites is 1. The Hall–Kier alpha value is -2.50. The van der Waals surface area contributed by atoms with E-state index in [4.69, 9.17) is 0 Å². The second-order valence-electron chi connectivity index (χ2n) is 3.53. The number of nitrogens with zero attached hydrogens (tertiary/aromatic N) is 1. The van der Waals surface area contributed by atoms with E-state index in [2.05, 4.69) is 5.32 Å². The SMILES string of the molecule is O=[N+]([O-])c1c(F)cccc1Nc1ccc(F)cc1. The van der Waals surface area contributed by atoms with E-state index in [-0.39, 0.29) is 5.69 Å². The van der Waals surface area contributed by atoms with Gasteiger partial charge < -0.3 is 5.32 Å². The van der Waals surface area contributed by atoms with Crippen LogP contribution in [-0.2, 0) is 0 Å². The second-order valence-corrected chi connectivity index (χ2v) is 3.53. The van der Waals surface area contributed by atoms with Crippen molar-refractivity contribution in [3.05, 3.63) is 64.2 Å². The van der Waals surface area contributed by atoms with Crippen LogP contribution in [0.4, 0.5) is 25.8 Å². The number of hydrogen-bond acceptors (Lipinski definition) is 3. The Balaban J connectivity index is 2.37. The molecule has 0 unspecified atom stereocenters. The first-order chi connectivity index (χ1) is 8.58. The van der Waals surface area contributed by atoms with Crippen molar-refractivity contribution in [1.29, 1.82) is 0 Å². The van der Waals surface area contributed by atoms with E-state index in [1.54, 1.807) is 0 Å². The lowest BCUT2D eigenvalue weighted by Gasteiger charge is -2.07. The van der Waals surface area contributed by atoms with Gasteiger partial charge in [-0.2, -0.15) is 4.39 Å². The molecule has 4 nitrogen and oxygen atoms in total. The minimum absolute atomic E-state index is 0.0200. The molecule has 0 radical (unpaired) electrons. The molecule has 0 amide bonds. The molecule has 0 heterocycles. The Morgan fingerprint density at radius 1 is 1.06 bits per heavy atom. The average Bonchev–Trinajstić information content (AvgIpc) is 2.32. The van der Waals surface area contributed by atoms with Crippen LogP contribution in [0.25, 0.3) is 0 Å². The quantitative estimate of drug-likeness (QED) is 0.668. The number of rotatable bonds is 3. The number of benzene rings is 2. The maximum Gasteiger partial charge on any atom is 0.327 e. The molecule has 2 aromatic rings. The van der Waals surface area contributed by atoms with Crippen LogP contribution in [0, 0.1) is 21.7 Å². The topological polar surface area (TPSA) is 55.2 Å². The molecule has 92 valence electrons. The normalized spacial score (nSPS) is 10.1. The first-order valence-corrected chi connectivity index (χ1v) is 5.03. The largest absolute Gasteiger partial charge is 0.350 e. The van der Waals surface area contributed by atoms with Crippen molar-refractivity contribution in [3.8, 4) is 0 Å². The summed E-state index contributed by atoms with van der Waals surface area (Å²) in [5.74, 6) is -1.35. The third-order valence-corrected chi connectivity index (χ3v) is 2.29. The summed E-state index contributed by atoms with van der Waals surface area (Å²) in [6.07, 6.45) is 0. The molecule has 2 aromatic carbocycles. The maximum absolute atomic E-state index is 13.3. The van der Waals surface area contributed by atoms with Crippen LogP contribution in [0.15, 0.2) is 42.5 Å². The van der Waals surface area contributed by atoms with Crippen molar-refractivity contribution in [1.82, 2.24) is 0 Å². The predicted octanol–water partition coefficient (Wildman–Crippen LogP) is 3.62. The Bertz CT molecular complexity index is 585. The van der Waals surface area contributed by atoms with Crippen molar-refractivity contribution >= 4 is 17.1 Å². The molecule has 0 atom stereocenters. The van der Waals surface area contributed by atoms with Gasteiger partial charge in [-0.1, -0.05) is 6.07 Å². The van der Waals surface area contributed by atoms with E-state index in [9.17, 15) is 18.9 Å². The number of anilines is 2. The van der Waals surface area contributed by atoms with Crippen LogP contribution in [-0.4, -0.2) is 4.92 Å². The third-order valence-electron chi connectivity index (χ3n) is 2.29. The molecule has 1 N–H and O–H groups in total. The fourth-order valence-corrected chi connectivity index (χ4v) is 1.49. The molecule has 0 aliphatic heterocycles. The number of halogens is 2. The van der Waals surface area contributed by atoms with Crippen LogP contribution in [0.3, 0.4) is 0 Å². The monoisotopic (exact) mass is 250 g/mol. The average molecular weight is 250 g/mol. The number of nitro groups is 1. The van der Waals surface area contributed by atoms with Crippen LogP contribution in [0.2, 0.25) is 0 Å². The van der Waals surface area contributed by atoms with Crippen molar-refractivity contribution in [2.45, 2.75) is 0 Å². The number of nitrogens with one attached hydrogen (secondary N) is 1. The molecular formula is C12H8F2N2O2. The number of nitro benzene ring substituents is 1. The lowest BCUT2D eigenvalue weighted by atomic mass is 10.2. The van der Waals surface area contributed by atoms with Gasteiger partial charge in [0.05, 0.1) is 4.92 Å². The lowest BCUT2D eigenvalue weighted by molar-refractivity contribution is -0.386. The zero-order valence-corrected chi connectivity index (χ0v) is 9.06. The molecule has 0 saturated carbocycles. The summed E-state index contributed by atoms with van der Waals surface area (Å²) in [6.45, 7) is 0. The van der Waals surface area contributed by atoms with E-state index in [1.807, 2.05) is 0 Å². The van der Waals surface area contributed by atoms with Crippen LogP contribution >= 0.6 is 0 Å². The predicted molar refractivity (Wildman–Crippen MR) is 62.7 cm³/mol. The Kier molecular flexibility index (Phi) is 3.18. The van der Waals surface area contributed by atoms with Gasteiger partial charge in [0, 0.05) is 5.69 Å². The van der Waals surface area contributed by atoms with Crippen molar-refractivity contribution in [2.75, 3.05) is 5.32 Å². The Morgan fingerprint density at radius 3 is 2.33 bits per heavy atom. The molecule has 0 saturated heterocycles. The Labute approximate surface area is 101 Å². The third kappa shape index (κ3) is 2.42. The molecule has 0 aliphatic carbocycles. The van der Waals surface area contributed by atoms with E-state index in [0.29, 0.717) is 5.69 Å². The summed E-state index contributed by atoms with van der Waals surface area (Å²) in [5.41, 5.74) is -0.182. The van der Waals surface area contributed by atoms with Gasteiger partial charge in [-0.05, 0) is 36.4 Å². The van der Waals surface area contributed by atoms with Crippen LogP contribution < -0.4 is 5.32 Å². The van der Waals surface area contributed by atoms with E-state index in [0.717, 1.165) is 6.07 Å². The molecule has 0 fully saturated rings. The first-order valence-electron chi connectivity index (χ1n) is 5.03. The summed E-state index contributed by atoms with van der Waals surface area (Å²) in [6, 6.07) is 8.96. The van der Waals surface area contributed by atoms with E-state index in [1.165, 1.54) is 36.4 Å². The van der Waals surface area contributed by atoms with Crippen LogP contribution in [0.1, 0.15) is 0 Å². The smallest absolute Gasteiger partial charge is 0.327 e. The zero-order valence-electron chi connectivity index (χ0n) is 9.06. The van der Waals surface area contributed by atoms with Gasteiger partial charge in [-0.15, -0.1) is 0 Å². The highest BCUT2D eigenvalue weighted by Gasteiger charge is 2.19. The highest BCUT2D eigenvalue weighted by atomic mass is 19.1. The van der Waals surface area contributed by atoms with E-state index >= 15 is 0 Å². The summed E-state index contributed by atoms with van der Waals surface area (Å²) in [4.78, 5) is 9.95. The molecular weight excluding hydrogens is 242 g/mol. The first kappa shape index (κ1) is 12.0. The maximum atomic E-state index is 13.3. The summed E-state index contributed by atoms with van der Waals surface area (Å²) in [5, 5.41) is 13.4. The fourth-order valence-electron chi connectivity index (χ4n) is 1.49. The van der Waals surface area contributed by atoms with Gasteiger partial charge in [0.15, 0.2) is 0 Å². The number of hydrogen-bond donors (Lipinski definition) is 1. The molecule has 18 heavy (non-hydrogen) atoms. The molecule has 0 spiro atoms. The van der Waals surface area contributed by atoms with Gasteiger partial charge >= 0.3 is 5.69 Å². The molecule has 0 aromatic heterocycles. The van der Waals surface area contributed by atoms with E-state index < -0.39 is 22.2 Å². The Morgan fingerprint density at radius 2 is 1.72 bits per heavy atom. The lowest BCUT2D eigenvalue weighted by Crippen LogP contribution is -1.99. The van der Waals surface area contributed by atoms with Gasteiger partial charge in [-0.25, -0.2) is 4.39 Å². The van der Waals surface area contributed by atoms with Crippen molar-refractivity contribution < 1.29 is 13.7 Å². The van der Waals surface area contributed by atoms with Gasteiger partial charge in [0.25, 0.3) is 0 Å². The van der Waals surface area contributed by atoms with Crippen LogP contribution in [0.5, 0.6) is 0 Å². The standard InChI is InChI=1S/C12H8F2N2O2/c13-8-4-6-9(7-5-8)15-11-3-1-2-10(14)12(11)16(17)18/h1-7,15H. The van der Waals surface area contributed by atoms with Gasteiger partial charge in [0.2, 0.25) is 5.82 Å². The highest BCUT2D eigenvalue weighted by molar-refractivity contribution is 5.69. The zero-order chi connectivity index (χ0) is 13.1. The minimum atomic E-state index is -0.924. The molecule has 0 bridgehead atoms. The fraction of sp³-hybridized carbons (Fsp3) is 0. The van der Waals surface area contributed by atoms with Gasteiger partial charge in [-0.3, -0.25) is 10.1 Å². The highest BCUT2D eigenvalue weighted by Crippen LogP contribution is 2.29. The summed E-state index contributed by atoms with van der Waals surface area (Å²) < 4.78 is 26.0. The molecule has 2 rings (SSSR count). The van der Waals surface area contributed by atoms with Crippen molar-refractivity contribution in [3.63, 3.8) is 0 Å². The molecule has 6 heteroatoms. The summed E-state index contributed by atoms with van der Waals surface area (Å²) in [7, 11) is 0. The summed E-state index contributed by atoms with van der Waals surface area (Å²) >= 11 is 0. The second kappa shape index (κ2) is 4.79. The molecule has 0 aliphatic rings. The van der Waals surface area contributed by atoms with Gasteiger partial charge in [0.1, 0.15) is 11.5 Å². The van der Waals surface area contributed by atoms with Crippen molar-refractivity contribution in [2.24, 2.45) is 0 Å². The minimum Gasteiger partial charge on any atom is -0.350 e.